The highest BCUT2D eigenvalue weighted by Crippen LogP contribution is 2.53. The lowest BCUT2D eigenvalue weighted by Crippen LogP contribution is -2.50. The average molecular weight is 1160 g/mol. The van der Waals surface area contributed by atoms with Crippen LogP contribution in [0.15, 0.2) is 34.1 Å². The summed E-state index contributed by atoms with van der Waals surface area (Å²) in [6, 6.07) is 3.80. The van der Waals surface area contributed by atoms with Crippen LogP contribution in [0.25, 0.3) is 0 Å². The molecule has 27 heteroatoms. The van der Waals surface area contributed by atoms with E-state index in [-0.39, 0.29) is 65.6 Å². The summed E-state index contributed by atoms with van der Waals surface area (Å²) in [5.41, 5.74) is -1.15. The van der Waals surface area contributed by atoms with Crippen LogP contribution in [-0.4, -0.2) is 165 Å². The number of aliphatic hydroxyl groups excluding tert-OH is 2. The third-order valence-electron chi connectivity index (χ3n) is 13.1. The van der Waals surface area contributed by atoms with E-state index in [1.165, 1.54) is 36.5 Å². The van der Waals surface area contributed by atoms with Crippen molar-refractivity contribution >= 4 is 58.3 Å². The molecule has 4 rings (SSSR count). The molecule has 22 nitrogen and oxygen atoms in total. The highest BCUT2D eigenvalue weighted by Gasteiger charge is 2.54. The van der Waals surface area contributed by atoms with Gasteiger partial charge in [-0.15, -0.1) is 0 Å². The van der Waals surface area contributed by atoms with Gasteiger partial charge in [0.05, 0.1) is 12.2 Å². The largest absolute Gasteiger partial charge is 0.433 e. The highest BCUT2D eigenvalue weighted by atomic mass is 31.2. The predicted molar refractivity (Wildman–Crippen MR) is 310 cm³/mol. The Labute approximate surface area is 465 Å². The number of aliphatic hydroxyl groups is 2. The lowest BCUT2D eigenvalue weighted by molar-refractivity contribution is -0.114. The maximum atomic E-state index is 13.1. The van der Waals surface area contributed by atoms with Crippen LogP contribution in [0.1, 0.15) is 133 Å². The number of carbonyl (C=O) groups excluding carboxylic acids is 1. The van der Waals surface area contributed by atoms with Crippen LogP contribution in [-0.2, 0) is 41.2 Å². The number of amides is 1. The first-order chi connectivity index (χ1) is 36.9. The molecule has 4 heterocycles. The van der Waals surface area contributed by atoms with Gasteiger partial charge in [0.15, 0.2) is 29.1 Å². The SMILES string of the molecule is [2H]C[C@H]1O[C@@H](n2ccc(NB(C)O)nc2=O)[C@@H](O[Si](C)(C)C(C)(C)C)C1OP(OC)N(C(C)C)C(C)C.[2H]C[C@H]1O[C@@H](n2ccc(NC(C)=O)nc2=O)[C@@H](O[Si](C)(C)C(C)(C)C)C1OP(OC)N(C(C)C)C(C)C.[3H]OC.[3H]OC. The smallest absolute Gasteiger partial charge is 0.408 e. The van der Waals surface area contributed by atoms with Gasteiger partial charge in [0.25, 0.3) is 17.1 Å². The van der Waals surface area contributed by atoms with Gasteiger partial charge in [0.2, 0.25) is 8.77 Å². The van der Waals surface area contributed by atoms with Crippen molar-refractivity contribution in [3.05, 3.63) is 45.5 Å². The van der Waals surface area contributed by atoms with Gasteiger partial charge in [-0.3, -0.25) is 13.9 Å². The van der Waals surface area contributed by atoms with Crippen LogP contribution in [0.4, 0.5) is 11.6 Å². The topological polar surface area (TPSA) is 252 Å². The monoisotopic (exact) mass is 1160 g/mol. The summed E-state index contributed by atoms with van der Waals surface area (Å²) in [5, 5.41) is 21.6. The average Bonchev–Trinajstić information content (AvgIpc) is 3.82. The number of rotatable bonds is 21. The Morgan fingerprint density at radius 3 is 1.33 bits per heavy atom. The summed E-state index contributed by atoms with van der Waals surface area (Å²) >= 11 is 0. The zero-order valence-corrected chi connectivity index (χ0v) is 53.9. The molecule has 440 valence electrons. The van der Waals surface area contributed by atoms with Gasteiger partial charge >= 0.3 is 18.4 Å². The molecule has 0 spiro atoms. The Balaban J connectivity index is 0.000000728. The molecular weight excluding hydrogens is 1050 g/mol. The predicted octanol–water partition coefficient (Wildman–Crippen LogP) is 8.55. The molecule has 0 aromatic carbocycles. The number of carbonyl (C=O) groups is 1. The molecule has 2 aliphatic rings. The number of anilines is 2. The molecule has 1 amide bonds. The maximum absolute atomic E-state index is 13.1. The summed E-state index contributed by atoms with van der Waals surface area (Å²) < 4.78 is 86.2. The van der Waals surface area contributed by atoms with E-state index in [1.807, 2.05) is 0 Å². The zero-order chi connectivity index (χ0) is 62.0. The van der Waals surface area contributed by atoms with Gasteiger partial charge in [-0.1, -0.05) is 41.5 Å². The van der Waals surface area contributed by atoms with Crippen molar-refractivity contribution in [3.8, 4) is 0 Å². The van der Waals surface area contributed by atoms with E-state index in [4.69, 9.17) is 42.0 Å². The third kappa shape index (κ3) is 19.6. The molecule has 2 saturated heterocycles. The summed E-state index contributed by atoms with van der Waals surface area (Å²) in [5.74, 6) is 0.0932. The quantitative estimate of drug-likeness (QED) is 0.0580. The molecule has 76 heavy (non-hydrogen) atoms. The molecule has 2 aliphatic heterocycles. The van der Waals surface area contributed by atoms with Gasteiger partial charge in [0, 0.05) is 74.7 Å². The molecule has 2 fully saturated rings. The Kier molecular flexibility index (Phi) is 26.5. The molecule has 2 aromatic rings. The number of ether oxygens (including phenoxy) is 2. The van der Waals surface area contributed by atoms with Crippen LogP contribution >= 0.6 is 17.1 Å². The summed E-state index contributed by atoms with van der Waals surface area (Å²) in [7, 11) is -2.75. The van der Waals surface area contributed by atoms with Gasteiger partial charge in [-0.2, -0.15) is 9.97 Å². The molecule has 0 aliphatic carbocycles. The van der Waals surface area contributed by atoms with E-state index >= 15 is 0 Å². The first kappa shape index (κ1) is 64.7. The Bertz CT molecular complexity index is 2240. The van der Waals surface area contributed by atoms with E-state index in [2.05, 4.69) is 163 Å². The lowest BCUT2D eigenvalue weighted by atomic mass is 9.89. The summed E-state index contributed by atoms with van der Waals surface area (Å²) in [6.45, 7) is 40.8. The molecule has 10 atom stereocenters. The molecular formula is C49H99BN8O14P2Si2. The van der Waals surface area contributed by atoms with Crippen LogP contribution in [0, 0.1) is 0 Å². The number of hydrogen-bond donors (Lipinski definition) is 5. The number of hydrogen-bond acceptors (Lipinski definition) is 19. The van der Waals surface area contributed by atoms with Crippen molar-refractivity contribution < 1.29 is 59.2 Å². The van der Waals surface area contributed by atoms with E-state index in [1.54, 1.807) is 39.4 Å². The standard InChI is InChI=1S/C24H45N4O6PSi.C23H46BN4O6PSi.2CH4O/c1-15(2)28(16(3)4)35(31-10)33-20-17(5)32-22(21(20)34-36(11,12)24(7,8)9)27-14-13-19(25-18(6)29)26-23(27)30;1-15(2)28(16(3)4)35(31-10)33-19-17(5)32-21(20(19)34-36(11,12)23(6,7)8)27-14-13-18(25-22(27)29)26-24(9)30;2*1-2/h13-17,20-22H,1-12H3,(H,25,26,29,30);13-17,19-21,30H,1-12H3,(H,25,26,29);2*2H,1H3/t17-,20?,21+,22-,35?;17-,19?,20+,21-,35?;;/m11../s1/i2*5D;2*2T. The minimum absolute atomic E-state index is 0.0708. The van der Waals surface area contributed by atoms with Gasteiger partial charge in [-0.25, -0.2) is 18.9 Å². The van der Waals surface area contributed by atoms with Crippen LogP contribution in [0.5, 0.6) is 0 Å². The molecule has 5 N–H and O–H groups in total. The Hall–Kier alpha value is -2.13. The minimum atomic E-state index is -2.37. The molecule has 0 bridgehead atoms. The summed E-state index contributed by atoms with van der Waals surface area (Å²) in [4.78, 5) is 45.6. The number of aromatic nitrogens is 4. The normalized spacial score (nSPS) is 23.7. The van der Waals surface area contributed by atoms with E-state index in [9.17, 15) is 19.4 Å². The van der Waals surface area contributed by atoms with E-state index in [0.717, 1.165) is 0 Å². The first-order valence-corrected chi connectivity index (χ1v) is 33.7. The summed E-state index contributed by atoms with van der Waals surface area (Å²) in [6.07, 6.45) is -2.50. The van der Waals surface area contributed by atoms with Gasteiger partial charge in [-0.05, 0) is 124 Å². The van der Waals surface area contributed by atoms with Crippen molar-refractivity contribution in [3.63, 3.8) is 0 Å². The third-order valence-corrected chi connectivity index (χ3v) is 26.2. The maximum Gasteiger partial charge on any atom is 0.408 e. The highest BCUT2D eigenvalue weighted by molar-refractivity contribution is 7.44. The molecule has 0 saturated carbocycles. The second-order valence-electron chi connectivity index (χ2n) is 22.4. The van der Waals surface area contributed by atoms with Gasteiger partial charge < -0.3 is 62.2 Å². The van der Waals surface area contributed by atoms with Gasteiger partial charge in [0.1, 0.15) is 36.1 Å². The second kappa shape index (κ2) is 31.2. The zero-order valence-electron chi connectivity index (χ0n) is 54.1. The minimum Gasteiger partial charge on any atom is -0.433 e. The van der Waals surface area contributed by atoms with Crippen LogP contribution in [0.3, 0.4) is 0 Å². The van der Waals surface area contributed by atoms with Crippen LogP contribution < -0.4 is 21.9 Å². The molecule has 2 aromatic heterocycles. The van der Waals surface area contributed by atoms with Crippen LogP contribution in [0.2, 0.25) is 43.1 Å². The lowest BCUT2D eigenvalue weighted by Gasteiger charge is -2.42. The Morgan fingerprint density at radius 2 is 1.07 bits per heavy atom. The number of nitrogens with zero attached hydrogens (tertiary/aromatic N) is 6. The fourth-order valence-electron chi connectivity index (χ4n) is 7.70. The fraction of sp³-hybridized carbons (Fsp3) is 0.816. The molecule has 4 unspecified atom stereocenters. The number of nitrogens with one attached hydrogen (secondary N) is 2. The van der Waals surface area contributed by atoms with Crippen molar-refractivity contribution in [2.45, 2.75) is 234 Å². The van der Waals surface area contributed by atoms with Crippen molar-refractivity contribution in [2.75, 3.05) is 39.0 Å². The van der Waals surface area contributed by atoms with E-state index in [0.29, 0.717) is 0 Å². The van der Waals surface area contributed by atoms with Crippen molar-refractivity contribution in [1.82, 2.24) is 28.4 Å². The van der Waals surface area contributed by atoms with E-state index < -0.39 is 101 Å². The fourth-order valence-corrected chi connectivity index (χ4v) is 13.5. The van der Waals surface area contributed by atoms with Crippen molar-refractivity contribution in [1.29, 1.82) is 2.86 Å². The van der Waals surface area contributed by atoms with Crippen molar-refractivity contribution in [2.24, 2.45) is 0 Å². The second-order valence-corrected chi connectivity index (χ2v) is 35.0. The first-order valence-electron chi connectivity index (χ1n) is 27.9. The Morgan fingerprint density at radius 1 is 0.737 bits per heavy atom. The molecule has 0 radical (unpaired) electrons.